The highest BCUT2D eigenvalue weighted by Gasteiger charge is 2.17. The number of carbonyl (C=O) groups is 2. The molecular formula is C14H18N4O3S. The standard InChI is InChI=1S/C14H18N4O3S/c1-21-8-6-15-11(19)9-16-13(20)12-10-5-3-4-7-18(10)14(17-12)22-2/h3-5,7H,6,8-9H2,1-2H3,(H,15,19)(H,16,20). The number of thioether (sulfide) groups is 1. The molecule has 0 fully saturated rings. The molecular weight excluding hydrogens is 304 g/mol. The minimum atomic E-state index is -0.370. The van der Waals surface area contributed by atoms with Crippen LogP contribution in [-0.2, 0) is 9.53 Å². The summed E-state index contributed by atoms with van der Waals surface area (Å²) in [5.74, 6) is -0.634. The molecule has 0 aromatic carbocycles. The summed E-state index contributed by atoms with van der Waals surface area (Å²) in [6.07, 6.45) is 3.75. The van der Waals surface area contributed by atoms with E-state index in [1.165, 1.54) is 11.8 Å². The summed E-state index contributed by atoms with van der Waals surface area (Å²) < 4.78 is 6.68. The van der Waals surface area contributed by atoms with Crippen molar-refractivity contribution >= 4 is 29.1 Å². The van der Waals surface area contributed by atoms with Crippen molar-refractivity contribution in [2.75, 3.05) is 33.1 Å². The van der Waals surface area contributed by atoms with E-state index in [1.54, 1.807) is 7.11 Å². The molecule has 7 nitrogen and oxygen atoms in total. The molecule has 2 N–H and O–H groups in total. The van der Waals surface area contributed by atoms with Crippen molar-refractivity contribution in [2.24, 2.45) is 0 Å². The van der Waals surface area contributed by atoms with Gasteiger partial charge in [0, 0.05) is 19.9 Å². The Morgan fingerprint density at radius 1 is 1.36 bits per heavy atom. The zero-order valence-electron chi connectivity index (χ0n) is 12.5. The second-order valence-corrected chi connectivity index (χ2v) is 5.20. The summed E-state index contributed by atoms with van der Waals surface area (Å²) in [5.41, 5.74) is 1.03. The minimum absolute atomic E-state index is 0.0942. The molecule has 2 amide bonds. The van der Waals surface area contributed by atoms with Gasteiger partial charge < -0.3 is 15.4 Å². The largest absolute Gasteiger partial charge is 0.383 e. The zero-order chi connectivity index (χ0) is 15.9. The second-order valence-electron chi connectivity index (χ2n) is 4.43. The summed E-state index contributed by atoms with van der Waals surface area (Å²) in [6, 6.07) is 5.54. The SMILES string of the molecule is COCCNC(=O)CNC(=O)c1nc(SC)n2ccccc12. The van der Waals surface area contributed by atoms with E-state index in [2.05, 4.69) is 15.6 Å². The minimum Gasteiger partial charge on any atom is -0.383 e. The van der Waals surface area contributed by atoms with Gasteiger partial charge in [-0.1, -0.05) is 17.8 Å². The highest BCUT2D eigenvalue weighted by molar-refractivity contribution is 7.98. The van der Waals surface area contributed by atoms with Gasteiger partial charge in [-0.05, 0) is 18.4 Å². The number of nitrogens with one attached hydrogen (secondary N) is 2. The van der Waals surface area contributed by atoms with Crippen molar-refractivity contribution < 1.29 is 14.3 Å². The van der Waals surface area contributed by atoms with Crippen LogP contribution in [0.4, 0.5) is 0 Å². The fourth-order valence-electron chi connectivity index (χ4n) is 1.92. The topological polar surface area (TPSA) is 84.7 Å². The third-order valence-corrected chi connectivity index (χ3v) is 3.60. The maximum absolute atomic E-state index is 12.2. The van der Waals surface area contributed by atoms with Crippen LogP contribution in [0.2, 0.25) is 0 Å². The van der Waals surface area contributed by atoms with Gasteiger partial charge in [0.2, 0.25) is 5.91 Å². The third-order valence-electron chi connectivity index (χ3n) is 2.95. The molecule has 0 atom stereocenters. The molecule has 0 spiro atoms. The Bertz CT molecular complexity index is 671. The van der Waals surface area contributed by atoms with Crippen LogP contribution in [0.1, 0.15) is 10.5 Å². The van der Waals surface area contributed by atoms with Crippen molar-refractivity contribution in [3.8, 4) is 0 Å². The summed E-state index contributed by atoms with van der Waals surface area (Å²) >= 11 is 1.45. The number of aromatic nitrogens is 2. The first kappa shape index (κ1) is 16.3. The first-order chi connectivity index (χ1) is 10.7. The van der Waals surface area contributed by atoms with Crippen LogP contribution in [0.3, 0.4) is 0 Å². The first-order valence-electron chi connectivity index (χ1n) is 6.72. The number of fused-ring (bicyclic) bond motifs is 1. The lowest BCUT2D eigenvalue weighted by Gasteiger charge is -2.05. The van der Waals surface area contributed by atoms with Crippen LogP contribution in [-0.4, -0.2) is 54.3 Å². The van der Waals surface area contributed by atoms with Gasteiger partial charge in [0.25, 0.3) is 5.91 Å². The predicted molar refractivity (Wildman–Crippen MR) is 84.2 cm³/mol. The fraction of sp³-hybridized carbons (Fsp3) is 0.357. The number of hydrogen-bond acceptors (Lipinski definition) is 5. The maximum Gasteiger partial charge on any atom is 0.272 e. The van der Waals surface area contributed by atoms with E-state index in [1.807, 2.05) is 35.1 Å². The van der Waals surface area contributed by atoms with Gasteiger partial charge in [0.1, 0.15) is 0 Å². The molecule has 0 unspecified atom stereocenters. The first-order valence-corrected chi connectivity index (χ1v) is 7.94. The molecule has 2 aromatic heterocycles. The highest BCUT2D eigenvalue weighted by atomic mass is 32.2. The van der Waals surface area contributed by atoms with Crippen molar-refractivity contribution in [2.45, 2.75) is 5.16 Å². The number of rotatable bonds is 7. The molecule has 22 heavy (non-hydrogen) atoms. The summed E-state index contributed by atoms with van der Waals surface area (Å²) in [5, 5.41) is 5.94. The molecule has 0 bridgehead atoms. The Balaban J connectivity index is 2.03. The highest BCUT2D eigenvalue weighted by Crippen LogP contribution is 2.19. The molecule has 0 aliphatic heterocycles. The number of ether oxygens (including phenoxy) is 1. The average Bonchev–Trinajstić information content (AvgIpc) is 2.92. The Kier molecular flexibility index (Phi) is 5.79. The van der Waals surface area contributed by atoms with Gasteiger partial charge in [-0.2, -0.15) is 0 Å². The number of pyridine rings is 1. The predicted octanol–water partition coefficient (Wildman–Crippen LogP) is 0.549. The molecule has 0 aliphatic rings. The molecule has 2 heterocycles. The van der Waals surface area contributed by atoms with E-state index < -0.39 is 0 Å². The van der Waals surface area contributed by atoms with Gasteiger partial charge in [0.15, 0.2) is 10.9 Å². The lowest BCUT2D eigenvalue weighted by Crippen LogP contribution is -2.38. The smallest absolute Gasteiger partial charge is 0.272 e. The molecule has 8 heteroatoms. The summed E-state index contributed by atoms with van der Waals surface area (Å²) in [4.78, 5) is 28.1. The van der Waals surface area contributed by atoms with Gasteiger partial charge in [0.05, 0.1) is 18.7 Å². The molecule has 0 radical (unpaired) electrons. The van der Waals surface area contributed by atoms with Crippen LogP contribution >= 0.6 is 11.8 Å². The number of imidazole rings is 1. The third kappa shape index (κ3) is 3.77. The Morgan fingerprint density at radius 2 is 2.18 bits per heavy atom. The van der Waals surface area contributed by atoms with Gasteiger partial charge in [-0.3, -0.25) is 14.0 Å². The monoisotopic (exact) mass is 322 g/mol. The van der Waals surface area contributed by atoms with Crippen molar-refractivity contribution in [3.05, 3.63) is 30.1 Å². The molecule has 0 saturated carbocycles. The lowest BCUT2D eigenvalue weighted by molar-refractivity contribution is -0.120. The maximum atomic E-state index is 12.2. The van der Waals surface area contributed by atoms with Crippen molar-refractivity contribution in [1.29, 1.82) is 0 Å². The number of nitrogens with zero attached hydrogens (tertiary/aromatic N) is 2. The molecule has 0 aliphatic carbocycles. The van der Waals surface area contributed by atoms with Gasteiger partial charge >= 0.3 is 0 Å². The number of methoxy groups -OCH3 is 1. The lowest BCUT2D eigenvalue weighted by atomic mass is 10.3. The number of hydrogen-bond donors (Lipinski definition) is 2. The van der Waals surface area contributed by atoms with E-state index >= 15 is 0 Å². The quantitative estimate of drug-likeness (QED) is 0.574. The Morgan fingerprint density at radius 3 is 2.91 bits per heavy atom. The van der Waals surface area contributed by atoms with E-state index in [0.717, 1.165) is 5.16 Å². The van der Waals surface area contributed by atoms with Crippen molar-refractivity contribution in [3.63, 3.8) is 0 Å². The number of carbonyl (C=O) groups excluding carboxylic acids is 2. The summed E-state index contributed by atoms with van der Waals surface area (Å²) in [6.45, 7) is 0.751. The normalized spacial score (nSPS) is 10.6. The van der Waals surface area contributed by atoms with E-state index in [0.29, 0.717) is 24.4 Å². The van der Waals surface area contributed by atoms with Gasteiger partial charge in [-0.25, -0.2) is 4.98 Å². The van der Waals surface area contributed by atoms with Crippen LogP contribution in [0, 0.1) is 0 Å². The molecule has 118 valence electrons. The summed E-state index contributed by atoms with van der Waals surface area (Å²) in [7, 11) is 1.56. The molecule has 2 rings (SSSR count). The van der Waals surface area contributed by atoms with E-state index in [4.69, 9.17) is 4.74 Å². The average molecular weight is 322 g/mol. The van der Waals surface area contributed by atoms with Crippen LogP contribution in [0.25, 0.3) is 5.52 Å². The van der Waals surface area contributed by atoms with Gasteiger partial charge in [-0.15, -0.1) is 0 Å². The Hall–Kier alpha value is -2.06. The van der Waals surface area contributed by atoms with Crippen molar-refractivity contribution in [1.82, 2.24) is 20.0 Å². The van der Waals surface area contributed by atoms with Crippen LogP contribution in [0.5, 0.6) is 0 Å². The molecule has 0 saturated heterocycles. The zero-order valence-corrected chi connectivity index (χ0v) is 13.3. The van der Waals surface area contributed by atoms with Crippen LogP contribution in [0.15, 0.2) is 29.6 Å². The second kappa shape index (κ2) is 7.81. The Labute approximate surface area is 132 Å². The molecule has 2 aromatic rings. The number of amides is 2. The fourth-order valence-corrected chi connectivity index (χ4v) is 2.46. The van der Waals surface area contributed by atoms with E-state index in [9.17, 15) is 9.59 Å². The van der Waals surface area contributed by atoms with E-state index in [-0.39, 0.29) is 18.4 Å². The van der Waals surface area contributed by atoms with Crippen LogP contribution < -0.4 is 10.6 Å².